The van der Waals surface area contributed by atoms with Gasteiger partial charge in [0.2, 0.25) is 0 Å². The number of ether oxygens (including phenoxy) is 1. The van der Waals surface area contributed by atoms with E-state index in [-0.39, 0.29) is 0 Å². The molecule has 0 aliphatic rings. The van der Waals surface area contributed by atoms with Gasteiger partial charge in [-0.15, -0.1) is 0 Å². The maximum absolute atomic E-state index is 5.85. The quantitative estimate of drug-likeness (QED) is 0.395. The second-order valence-electron chi connectivity index (χ2n) is 2.20. The fraction of sp³-hybridized carbons (Fsp3) is 0.300. The second kappa shape index (κ2) is 6.85. The number of methoxy groups -OCH3 is 1. The third kappa shape index (κ3) is 4.84. The Morgan fingerprint density at radius 1 is 1.54 bits per heavy atom. The minimum atomic E-state index is 0.393. The van der Waals surface area contributed by atoms with Gasteiger partial charge in [0, 0.05) is 5.03 Å². The molecule has 0 N–H and O–H groups in total. The highest BCUT2D eigenvalue weighted by Crippen LogP contribution is 2.18. The van der Waals surface area contributed by atoms with Gasteiger partial charge >= 0.3 is 0 Å². The van der Waals surface area contributed by atoms with Crippen LogP contribution in [0.1, 0.15) is 13.3 Å². The minimum Gasteiger partial charge on any atom is -0.488 e. The van der Waals surface area contributed by atoms with Crippen LogP contribution in [0.15, 0.2) is 40.3 Å². The third-order valence-corrected chi connectivity index (χ3v) is 1.79. The predicted molar refractivity (Wildman–Crippen MR) is 57.8 cm³/mol. The summed E-state index contributed by atoms with van der Waals surface area (Å²) in [5, 5.41) is 0.976. The van der Waals surface area contributed by atoms with Crippen LogP contribution in [0.5, 0.6) is 0 Å². The molecule has 0 aromatic rings. The maximum atomic E-state index is 5.85. The Morgan fingerprint density at radius 2 is 2.15 bits per heavy atom. The summed E-state index contributed by atoms with van der Waals surface area (Å²) in [6, 6.07) is 0. The van der Waals surface area contributed by atoms with Crippen LogP contribution in [0.3, 0.4) is 0 Å². The van der Waals surface area contributed by atoms with E-state index in [1.165, 1.54) is 7.11 Å². The van der Waals surface area contributed by atoms with E-state index >= 15 is 0 Å². The van der Waals surface area contributed by atoms with E-state index in [2.05, 4.69) is 12.3 Å². The number of rotatable bonds is 4. The van der Waals surface area contributed by atoms with Crippen LogP contribution >= 0.6 is 23.2 Å². The van der Waals surface area contributed by atoms with E-state index in [0.29, 0.717) is 15.8 Å². The number of hydrogen-bond donors (Lipinski definition) is 0. The van der Waals surface area contributed by atoms with Crippen LogP contribution in [0.25, 0.3) is 0 Å². The lowest BCUT2D eigenvalue weighted by Crippen LogP contribution is -1.84. The van der Waals surface area contributed by atoms with E-state index in [1.54, 1.807) is 6.08 Å². The highest BCUT2D eigenvalue weighted by Gasteiger charge is 2.00. The largest absolute Gasteiger partial charge is 0.488 e. The summed E-state index contributed by atoms with van der Waals surface area (Å²) in [4.78, 5) is 0. The molecule has 0 rings (SSSR count). The third-order valence-electron chi connectivity index (χ3n) is 1.25. The first kappa shape index (κ1) is 12.4. The summed E-state index contributed by atoms with van der Waals surface area (Å²) in [5.74, 6) is 0.393. The highest BCUT2D eigenvalue weighted by atomic mass is 35.5. The van der Waals surface area contributed by atoms with Gasteiger partial charge in [0.05, 0.1) is 12.1 Å². The van der Waals surface area contributed by atoms with Crippen molar-refractivity contribution in [3.8, 4) is 0 Å². The molecular weight excluding hydrogens is 207 g/mol. The number of halogens is 2. The zero-order chi connectivity index (χ0) is 10.3. The van der Waals surface area contributed by atoms with Crippen LogP contribution in [-0.4, -0.2) is 7.11 Å². The van der Waals surface area contributed by atoms with Crippen molar-refractivity contribution in [1.82, 2.24) is 0 Å². The molecule has 0 bridgehead atoms. The second-order valence-corrected chi connectivity index (χ2v) is 3.04. The summed E-state index contributed by atoms with van der Waals surface area (Å²) >= 11 is 11.7. The smallest absolute Gasteiger partial charge is 0.179 e. The van der Waals surface area contributed by atoms with Crippen molar-refractivity contribution in [3.63, 3.8) is 0 Å². The fourth-order valence-electron chi connectivity index (χ4n) is 0.695. The standard InChI is InChI=1S/C10H12Cl2O/c1-4-6-8(11)7-9(12)10(5-2)13-3/h6-7H,2,4H2,1,3H3/b8-6+,9-7+. The van der Waals surface area contributed by atoms with Crippen LogP contribution in [0, 0.1) is 0 Å². The molecule has 0 spiro atoms. The molecule has 3 heteroatoms. The molecular formula is C10H12Cl2O. The molecule has 0 saturated carbocycles. The van der Waals surface area contributed by atoms with E-state index in [4.69, 9.17) is 27.9 Å². The van der Waals surface area contributed by atoms with E-state index in [9.17, 15) is 0 Å². The monoisotopic (exact) mass is 218 g/mol. The first-order valence-electron chi connectivity index (χ1n) is 3.83. The van der Waals surface area contributed by atoms with Crippen molar-refractivity contribution in [2.45, 2.75) is 13.3 Å². The molecule has 0 aromatic heterocycles. The molecule has 1 nitrogen and oxygen atoms in total. The van der Waals surface area contributed by atoms with E-state index < -0.39 is 0 Å². The molecule has 0 aliphatic carbocycles. The molecule has 0 saturated heterocycles. The average Bonchev–Trinajstić information content (AvgIpc) is 2.06. The van der Waals surface area contributed by atoms with Gasteiger partial charge in [-0.2, -0.15) is 0 Å². The summed E-state index contributed by atoms with van der Waals surface area (Å²) in [6.07, 6.45) is 4.31. The minimum absolute atomic E-state index is 0.393. The first-order chi connectivity index (χ1) is 6.15. The van der Waals surface area contributed by atoms with Gasteiger partial charge in [-0.05, 0) is 12.5 Å². The average molecular weight is 219 g/mol. The Morgan fingerprint density at radius 3 is 2.54 bits per heavy atom. The van der Waals surface area contributed by atoms with Crippen LogP contribution in [-0.2, 0) is 4.74 Å². The molecule has 13 heavy (non-hydrogen) atoms. The Balaban J connectivity index is 4.67. The molecule has 0 aromatic carbocycles. The molecule has 0 heterocycles. The van der Waals surface area contributed by atoms with Gasteiger partial charge in [-0.25, -0.2) is 0 Å². The zero-order valence-corrected chi connectivity index (χ0v) is 9.24. The van der Waals surface area contributed by atoms with Crippen molar-refractivity contribution >= 4 is 23.2 Å². The lowest BCUT2D eigenvalue weighted by atomic mass is 10.3. The van der Waals surface area contributed by atoms with Crippen LogP contribution < -0.4 is 0 Å². The summed E-state index contributed by atoms with van der Waals surface area (Å²) < 4.78 is 4.90. The Hall–Kier alpha value is -0.620. The van der Waals surface area contributed by atoms with Gasteiger partial charge in [0.15, 0.2) is 5.76 Å². The van der Waals surface area contributed by atoms with Crippen molar-refractivity contribution in [2.24, 2.45) is 0 Å². The molecule has 0 amide bonds. The molecule has 0 unspecified atom stereocenters. The Bertz CT molecular complexity index is 271. The summed E-state index contributed by atoms with van der Waals surface area (Å²) in [5.41, 5.74) is 2.56. The lowest BCUT2D eigenvalue weighted by molar-refractivity contribution is 0.306. The molecule has 0 radical (unpaired) electrons. The number of allylic oxidation sites excluding steroid dienone is 4. The van der Waals surface area contributed by atoms with E-state index in [1.807, 2.05) is 13.0 Å². The van der Waals surface area contributed by atoms with Crippen molar-refractivity contribution in [3.05, 3.63) is 40.3 Å². The molecule has 0 aliphatic heterocycles. The predicted octanol–water partition coefficient (Wildman–Crippen LogP) is 3.96. The molecule has 72 valence electrons. The zero-order valence-electron chi connectivity index (χ0n) is 7.73. The van der Waals surface area contributed by atoms with Crippen LogP contribution in [0.2, 0.25) is 0 Å². The fourth-order valence-corrected chi connectivity index (χ4v) is 1.28. The topological polar surface area (TPSA) is 9.23 Å². The lowest BCUT2D eigenvalue weighted by Gasteiger charge is -2.00. The SMILES string of the molecule is C=C=C(OC)/C(Cl)=C\C(Cl)=C/CC. The van der Waals surface area contributed by atoms with Gasteiger partial charge in [-0.1, -0.05) is 48.5 Å². The Labute approximate surface area is 89.0 Å². The maximum Gasteiger partial charge on any atom is 0.179 e. The highest BCUT2D eigenvalue weighted by molar-refractivity contribution is 6.35. The molecule has 0 atom stereocenters. The molecule has 0 fully saturated rings. The number of hydrogen-bond acceptors (Lipinski definition) is 1. The van der Waals surface area contributed by atoms with Gasteiger partial charge < -0.3 is 4.74 Å². The normalized spacial score (nSPS) is 12.3. The van der Waals surface area contributed by atoms with E-state index in [0.717, 1.165) is 6.42 Å². The van der Waals surface area contributed by atoms with Crippen molar-refractivity contribution in [2.75, 3.05) is 7.11 Å². The Kier molecular flexibility index (Phi) is 6.52. The van der Waals surface area contributed by atoms with Gasteiger partial charge in [0.1, 0.15) is 0 Å². The summed E-state index contributed by atoms with van der Waals surface area (Å²) in [7, 11) is 1.50. The first-order valence-corrected chi connectivity index (χ1v) is 4.58. The van der Waals surface area contributed by atoms with Gasteiger partial charge in [0.25, 0.3) is 0 Å². The van der Waals surface area contributed by atoms with Crippen molar-refractivity contribution < 1.29 is 4.74 Å². The summed E-state index contributed by atoms with van der Waals surface area (Å²) in [6.45, 7) is 5.42. The van der Waals surface area contributed by atoms with Gasteiger partial charge in [-0.3, -0.25) is 0 Å². The van der Waals surface area contributed by atoms with Crippen LogP contribution in [0.4, 0.5) is 0 Å². The van der Waals surface area contributed by atoms with Crippen molar-refractivity contribution in [1.29, 1.82) is 0 Å².